The number of unbranched alkanes of at least 4 members (excludes halogenated alkanes) is 1. The van der Waals surface area contributed by atoms with Gasteiger partial charge in [0.15, 0.2) is 11.8 Å². The lowest BCUT2D eigenvalue weighted by atomic mass is 10.1. The zero-order chi connectivity index (χ0) is 21.2. The highest BCUT2D eigenvalue weighted by molar-refractivity contribution is 14.0. The van der Waals surface area contributed by atoms with Crippen LogP contribution in [0.2, 0.25) is 0 Å². The lowest BCUT2D eigenvalue weighted by Crippen LogP contribution is -2.47. The number of aryl methyl sites for hydroxylation is 1. The quantitative estimate of drug-likeness (QED) is 0.208. The molecule has 2 heterocycles. The van der Waals surface area contributed by atoms with Gasteiger partial charge in [0.2, 0.25) is 0 Å². The molecule has 8 nitrogen and oxygen atoms in total. The van der Waals surface area contributed by atoms with E-state index < -0.39 is 0 Å². The van der Waals surface area contributed by atoms with Crippen LogP contribution in [0.5, 0.6) is 5.75 Å². The second-order valence-corrected chi connectivity index (χ2v) is 7.48. The van der Waals surface area contributed by atoms with Crippen LogP contribution in [0.1, 0.15) is 50.3 Å². The maximum Gasteiger partial charge on any atom is 0.191 e. The third kappa shape index (κ3) is 7.95. The van der Waals surface area contributed by atoms with Crippen molar-refractivity contribution in [1.82, 2.24) is 25.4 Å². The first-order chi connectivity index (χ1) is 14.7. The molecule has 1 aliphatic rings. The number of ether oxygens (including phenoxy) is 2. The number of halogens is 1. The van der Waals surface area contributed by atoms with Crippen molar-refractivity contribution in [2.75, 3.05) is 20.3 Å². The summed E-state index contributed by atoms with van der Waals surface area (Å²) in [5.74, 6) is 3.50. The minimum atomic E-state index is 0. The van der Waals surface area contributed by atoms with Gasteiger partial charge in [0, 0.05) is 26.1 Å². The summed E-state index contributed by atoms with van der Waals surface area (Å²) in [6.45, 7) is 7.63. The SMILES string of the molecule is CCCCOc1cccc(CN=C(NCC)NC2CCc3nc(COC)nn3C2)c1.I. The Morgan fingerprint density at radius 3 is 2.97 bits per heavy atom. The van der Waals surface area contributed by atoms with Gasteiger partial charge in [0.25, 0.3) is 0 Å². The normalized spacial score (nSPS) is 15.7. The molecule has 0 bridgehead atoms. The Hall–Kier alpha value is -1.88. The number of aliphatic imine (C=N–C) groups is 1. The maximum atomic E-state index is 5.81. The second kappa shape index (κ2) is 13.5. The minimum Gasteiger partial charge on any atom is -0.494 e. The van der Waals surface area contributed by atoms with E-state index in [0.29, 0.717) is 13.2 Å². The van der Waals surface area contributed by atoms with E-state index in [1.165, 1.54) is 0 Å². The van der Waals surface area contributed by atoms with E-state index in [9.17, 15) is 0 Å². The summed E-state index contributed by atoms with van der Waals surface area (Å²) in [6, 6.07) is 8.44. The van der Waals surface area contributed by atoms with Gasteiger partial charge in [-0.3, -0.25) is 0 Å². The van der Waals surface area contributed by atoms with E-state index in [1.54, 1.807) is 7.11 Å². The predicted molar refractivity (Wildman–Crippen MR) is 133 cm³/mol. The standard InChI is InChI=1S/C22H34N6O2.HI/c1-4-6-12-30-19-9-7-8-17(13-19)14-24-22(23-5-2)25-18-10-11-21-26-20(16-29-3)27-28(21)15-18;/h7-9,13,18H,4-6,10-12,14-16H2,1-3H3,(H2,23,24,25);1H. The van der Waals surface area contributed by atoms with Crippen molar-refractivity contribution < 1.29 is 9.47 Å². The number of rotatable bonds is 10. The first-order valence-corrected chi connectivity index (χ1v) is 10.9. The van der Waals surface area contributed by atoms with Crippen molar-refractivity contribution in [1.29, 1.82) is 0 Å². The van der Waals surface area contributed by atoms with E-state index in [2.05, 4.69) is 46.7 Å². The fraction of sp³-hybridized carbons (Fsp3) is 0.591. The average molecular weight is 542 g/mol. The zero-order valence-corrected chi connectivity index (χ0v) is 21.1. The average Bonchev–Trinajstić information content (AvgIpc) is 3.15. The number of aromatic nitrogens is 3. The molecule has 1 atom stereocenters. The van der Waals surface area contributed by atoms with Crippen LogP contribution in [0.4, 0.5) is 0 Å². The molecule has 172 valence electrons. The molecule has 0 radical (unpaired) electrons. The van der Waals surface area contributed by atoms with Crippen molar-refractivity contribution in [2.45, 2.75) is 65.3 Å². The number of hydrogen-bond donors (Lipinski definition) is 2. The number of guanidine groups is 1. The molecule has 0 aliphatic carbocycles. The number of nitrogens with one attached hydrogen (secondary N) is 2. The molecular formula is C22H35IN6O2. The molecule has 31 heavy (non-hydrogen) atoms. The summed E-state index contributed by atoms with van der Waals surface area (Å²) in [6.07, 6.45) is 4.09. The van der Waals surface area contributed by atoms with E-state index in [0.717, 1.165) is 74.3 Å². The van der Waals surface area contributed by atoms with Gasteiger partial charge in [-0.1, -0.05) is 25.5 Å². The van der Waals surface area contributed by atoms with Gasteiger partial charge in [0.05, 0.1) is 19.7 Å². The minimum absolute atomic E-state index is 0. The number of fused-ring (bicyclic) bond motifs is 1. The Labute approximate surface area is 202 Å². The van der Waals surface area contributed by atoms with Crippen LogP contribution >= 0.6 is 24.0 Å². The molecule has 2 aromatic rings. The van der Waals surface area contributed by atoms with Gasteiger partial charge < -0.3 is 20.1 Å². The number of hydrogen-bond acceptors (Lipinski definition) is 5. The van der Waals surface area contributed by atoms with E-state index >= 15 is 0 Å². The summed E-state index contributed by atoms with van der Waals surface area (Å²) in [7, 11) is 1.66. The van der Waals surface area contributed by atoms with Crippen LogP contribution in [-0.4, -0.2) is 47.0 Å². The molecular weight excluding hydrogens is 507 g/mol. The monoisotopic (exact) mass is 542 g/mol. The van der Waals surface area contributed by atoms with E-state index in [4.69, 9.17) is 14.5 Å². The van der Waals surface area contributed by atoms with Crippen LogP contribution in [-0.2, 0) is 30.9 Å². The molecule has 0 saturated heterocycles. The Balaban J connectivity index is 0.00000341. The smallest absolute Gasteiger partial charge is 0.191 e. The highest BCUT2D eigenvalue weighted by Crippen LogP contribution is 2.15. The summed E-state index contributed by atoms with van der Waals surface area (Å²) < 4.78 is 12.9. The van der Waals surface area contributed by atoms with Crippen LogP contribution < -0.4 is 15.4 Å². The Kier molecular flexibility index (Phi) is 11.1. The maximum absolute atomic E-state index is 5.81. The summed E-state index contributed by atoms with van der Waals surface area (Å²) in [4.78, 5) is 9.32. The molecule has 0 spiro atoms. The molecule has 1 unspecified atom stereocenters. The number of methoxy groups -OCH3 is 1. The Bertz CT molecular complexity index is 826. The summed E-state index contributed by atoms with van der Waals surface area (Å²) in [5.41, 5.74) is 1.13. The van der Waals surface area contributed by atoms with Gasteiger partial charge in [0.1, 0.15) is 18.2 Å². The lowest BCUT2D eigenvalue weighted by molar-refractivity contribution is 0.177. The van der Waals surface area contributed by atoms with Crippen molar-refractivity contribution in [2.24, 2.45) is 4.99 Å². The molecule has 1 aliphatic heterocycles. The third-order valence-electron chi connectivity index (χ3n) is 4.95. The third-order valence-corrected chi connectivity index (χ3v) is 4.95. The van der Waals surface area contributed by atoms with Crippen LogP contribution in [0, 0.1) is 0 Å². The van der Waals surface area contributed by atoms with E-state index in [-0.39, 0.29) is 30.0 Å². The van der Waals surface area contributed by atoms with Crippen LogP contribution in [0.3, 0.4) is 0 Å². The molecule has 2 N–H and O–H groups in total. The van der Waals surface area contributed by atoms with Gasteiger partial charge in [-0.2, -0.15) is 5.10 Å². The molecule has 0 amide bonds. The van der Waals surface area contributed by atoms with Gasteiger partial charge in [-0.05, 0) is 37.5 Å². The van der Waals surface area contributed by atoms with Crippen molar-refractivity contribution in [3.63, 3.8) is 0 Å². The van der Waals surface area contributed by atoms with Crippen molar-refractivity contribution in [3.8, 4) is 5.75 Å². The molecule has 1 aromatic carbocycles. The van der Waals surface area contributed by atoms with Crippen LogP contribution in [0.15, 0.2) is 29.3 Å². The Morgan fingerprint density at radius 1 is 1.32 bits per heavy atom. The van der Waals surface area contributed by atoms with Gasteiger partial charge in [-0.15, -0.1) is 24.0 Å². The first kappa shape index (κ1) is 25.4. The predicted octanol–water partition coefficient (Wildman–Crippen LogP) is 3.29. The summed E-state index contributed by atoms with van der Waals surface area (Å²) in [5, 5.41) is 11.4. The largest absolute Gasteiger partial charge is 0.494 e. The fourth-order valence-electron chi connectivity index (χ4n) is 3.42. The van der Waals surface area contributed by atoms with Gasteiger partial charge in [-0.25, -0.2) is 14.7 Å². The topological polar surface area (TPSA) is 85.6 Å². The first-order valence-electron chi connectivity index (χ1n) is 10.9. The van der Waals surface area contributed by atoms with Crippen LogP contribution in [0.25, 0.3) is 0 Å². The molecule has 0 saturated carbocycles. The molecule has 3 rings (SSSR count). The zero-order valence-electron chi connectivity index (χ0n) is 18.8. The highest BCUT2D eigenvalue weighted by Gasteiger charge is 2.22. The molecule has 9 heteroatoms. The number of benzene rings is 1. The highest BCUT2D eigenvalue weighted by atomic mass is 127. The fourth-order valence-corrected chi connectivity index (χ4v) is 3.42. The molecule has 1 aromatic heterocycles. The Morgan fingerprint density at radius 2 is 2.19 bits per heavy atom. The summed E-state index contributed by atoms with van der Waals surface area (Å²) >= 11 is 0. The van der Waals surface area contributed by atoms with E-state index in [1.807, 2.05) is 16.8 Å². The number of nitrogens with zero attached hydrogens (tertiary/aromatic N) is 4. The van der Waals surface area contributed by atoms with Crippen molar-refractivity contribution in [3.05, 3.63) is 41.5 Å². The van der Waals surface area contributed by atoms with Gasteiger partial charge >= 0.3 is 0 Å². The lowest BCUT2D eigenvalue weighted by Gasteiger charge is -2.25. The molecule has 0 fully saturated rings. The van der Waals surface area contributed by atoms with Crippen molar-refractivity contribution >= 4 is 29.9 Å². The second-order valence-electron chi connectivity index (χ2n) is 7.48.